The third kappa shape index (κ3) is 2.38. The topological polar surface area (TPSA) is 29.9 Å². The second-order valence-electron chi connectivity index (χ2n) is 6.92. The van der Waals surface area contributed by atoms with E-state index in [4.69, 9.17) is 4.98 Å². The Hall–Kier alpha value is -1.35. The predicted molar refractivity (Wildman–Crippen MR) is 86.3 cm³/mol. The predicted octanol–water partition coefficient (Wildman–Crippen LogP) is 3.43. The van der Waals surface area contributed by atoms with Gasteiger partial charge in [-0.2, -0.15) is 0 Å². The molecular formula is C18H25N3. The van der Waals surface area contributed by atoms with Crippen LogP contribution in [0.4, 0.5) is 0 Å². The molecule has 2 aliphatic rings. The van der Waals surface area contributed by atoms with Gasteiger partial charge in [0.1, 0.15) is 5.82 Å². The molecule has 2 aromatic rings. The van der Waals surface area contributed by atoms with Gasteiger partial charge in [-0.1, -0.05) is 25.0 Å². The largest absolute Gasteiger partial charge is 0.331 e. The van der Waals surface area contributed by atoms with Crippen LogP contribution in [0.1, 0.15) is 44.3 Å². The minimum atomic E-state index is 0.311. The molecule has 0 spiro atoms. The fourth-order valence-electron chi connectivity index (χ4n) is 4.08. The van der Waals surface area contributed by atoms with Gasteiger partial charge in [0.2, 0.25) is 0 Å². The number of aryl methyl sites for hydroxylation is 1. The zero-order valence-electron chi connectivity index (χ0n) is 12.9. The minimum Gasteiger partial charge on any atom is -0.331 e. The van der Waals surface area contributed by atoms with Crippen molar-refractivity contribution in [1.29, 1.82) is 0 Å². The smallest absolute Gasteiger partial charge is 0.111 e. The first-order valence-electron chi connectivity index (χ1n) is 8.44. The number of hydrogen-bond acceptors (Lipinski definition) is 2. The van der Waals surface area contributed by atoms with Crippen LogP contribution in [0.25, 0.3) is 11.0 Å². The molecule has 1 unspecified atom stereocenters. The van der Waals surface area contributed by atoms with E-state index in [0.29, 0.717) is 5.54 Å². The number of nitrogens with one attached hydrogen (secondary N) is 1. The second-order valence-corrected chi connectivity index (χ2v) is 6.92. The first-order chi connectivity index (χ1) is 10.3. The van der Waals surface area contributed by atoms with Gasteiger partial charge in [0, 0.05) is 19.0 Å². The molecule has 4 rings (SSSR count). The van der Waals surface area contributed by atoms with E-state index >= 15 is 0 Å². The molecule has 2 fully saturated rings. The van der Waals surface area contributed by atoms with E-state index in [1.54, 1.807) is 0 Å². The molecule has 1 N–H and O–H groups in total. The molecule has 1 atom stereocenters. The van der Waals surface area contributed by atoms with Crippen molar-refractivity contribution in [3.63, 3.8) is 0 Å². The van der Waals surface area contributed by atoms with Crippen molar-refractivity contribution >= 4 is 11.0 Å². The monoisotopic (exact) mass is 283 g/mol. The van der Waals surface area contributed by atoms with Crippen LogP contribution >= 0.6 is 0 Å². The zero-order valence-corrected chi connectivity index (χ0v) is 12.9. The Balaban J connectivity index is 1.69. The highest BCUT2D eigenvalue weighted by molar-refractivity contribution is 5.75. The van der Waals surface area contributed by atoms with E-state index < -0.39 is 0 Å². The summed E-state index contributed by atoms with van der Waals surface area (Å²) in [6.07, 6.45) is 9.28. The van der Waals surface area contributed by atoms with Gasteiger partial charge in [0.25, 0.3) is 0 Å². The average molecular weight is 283 g/mol. The highest BCUT2D eigenvalue weighted by atomic mass is 15.1. The summed E-state index contributed by atoms with van der Waals surface area (Å²) in [6, 6.07) is 8.49. The van der Waals surface area contributed by atoms with Crippen molar-refractivity contribution < 1.29 is 0 Å². The molecule has 112 valence electrons. The molecule has 1 aromatic heterocycles. The van der Waals surface area contributed by atoms with E-state index in [9.17, 15) is 0 Å². The van der Waals surface area contributed by atoms with Gasteiger partial charge >= 0.3 is 0 Å². The summed E-state index contributed by atoms with van der Waals surface area (Å²) >= 11 is 0. The number of hydrogen-bond donors (Lipinski definition) is 1. The first kappa shape index (κ1) is 13.3. The van der Waals surface area contributed by atoms with Gasteiger partial charge in [0.15, 0.2) is 0 Å². The van der Waals surface area contributed by atoms with Crippen molar-refractivity contribution in [2.75, 3.05) is 6.54 Å². The lowest BCUT2D eigenvalue weighted by molar-refractivity contribution is 0.264. The maximum absolute atomic E-state index is 4.92. The van der Waals surface area contributed by atoms with Gasteiger partial charge in [-0.25, -0.2) is 4.98 Å². The van der Waals surface area contributed by atoms with Crippen LogP contribution in [0.15, 0.2) is 24.3 Å². The number of aromatic nitrogens is 2. The van der Waals surface area contributed by atoms with Gasteiger partial charge in [-0.05, 0) is 50.3 Å². The van der Waals surface area contributed by atoms with Crippen LogP contribution in [0, 0.1) is 5.92 Å². The Labute approximate surface area is 126 Å². The van der Waals surface area contributed by atoms with Gasteiger partial charge in [-0.3, -0.25) is 0 Å². The molecule has 0 bridgehead atoms. The van der Waals surface area contributed by atoms with Crippen molar-refractivity contribution in [2.24, 2.45) is 13.0 Å². The lowest BCUT2D eigenvalue weighted by Crippen LogP contribution is -2.49. The lowest BCUT2D eigenvalue weighted by atomic mass is 9.84. The summed E-state index contributed by atoms with van der Waals surface area (Å²) < 4.78 is 2.30. The summed E-state index contributed by atoms with van der Waals surface area (Å²) in [7, 11) is 2.17. The molecule has 1 saturated carbocycles. The van der Waals surface area contributed by atoms with Crippen molar-refractivity contribution in [3.8, 4) is 0 Å². The third-order valence-corrected chi connectivity index (χ3v) is 5.49. The fraction of sp³-hybridized carbons (Fsp3) is 0.611. The van der Waals surface area contributed by atoms with Crippen LogP contribution in [-0.4, -0.2) is 21.6 Å². The van der Waals surface area contributed by atoms with E-state index in [1.807, 2.05) is 0 Å². The van der Waals surface area contributed by atoms with Crippen LogP contribution in [0.3, 0.4) is 0 Å². The number of benzene rings is 1. The number of para-hydroxylation sites is 2. The maximum atomic E-state index is 4.92. The van der Waals surface area contributed by atoms with Crippen LogP contribution in [0.5, 0.6) is 0 Å². The number of imidazole rings is 1. The second kappa shape index (κ2) is 5.13. The van der Waals surface area contributed by atoms with Crippen molar-refractivity contribution in [3.05, 3.63) is 30.1 Å². The molecule has 1 aliphatic carbocycles. The Morgan fingerprint density at radius 2 is 2.10 bits per heavy atom. The first-order valence-corrected chi connectivity index (χ1v) is 8.44. The molecule has 1 aliphatic heterocycles. The van der Waals surface area contributed by atoms with E-state index in [0.717, 1.165) is 17.9 Å². The number of rotatable bonds is 3. The SMILES string of the molecule is Cn1c(CC2(C3CC3)CCCCCN2)nc2ccccc21. The van der Waals surface area contributed by atoms with Crippen LogP contribution in [-0.2, 0) is 13.5 Å². The Morgan fingerprint density at radius 3 is 2.90 bits per heavy atom. The van der Waals surface area contributed by atoms with Gasteiger partial charge in [0.05, 0.1) is 11.0 Å². The van der Waals surface area contributed by atoms with Crippen LogP contribution in [0.2, 0.25) is 0 Å². The molecule has 3 nitrogen and oxygen atoms in total. The molecule has 1 saturated heterocycles. The highest BCUT2D eigenvalue weighted by Gasteiger charge is 2.45. The maximum Gasteiger partial charge on any atom is 0.111 e. The van der Waals surface area contributed by atoms with Crippen molar-refractivity contribution in [1.82, 2.24) is 14.9 Å². The van der Waals surface area contributed by atoms with Crippen molar-refractivity contribution in [2.45, 2.75) is 50.5 Å². The summed E-state index contributed by atoms with van der Waals surface area (Å²) in [6.45, 7) is 1.18. The molecular weight excluding hydrogens is 258 g/mol. The molecule has 21 heavy (non-hydrogen) atoms. The average Bonchev–Trinajstić information content (AvgIpc) is 3.31. The summed E-state index contributed by atoms with van der Waals surface area (Å²) in [5.74, 6) is 2.12. The summed E-state index contributed by atoms with van der Waals surface area (Å²) in [4.78, 5) is 4.92. The molecule has 0 radical (unpaired) electrons. The fourth-order valence-corrected chi connectivity index (χ4v) is 4.08. The molecule has 0 amide bonds. The Morgan fingerprint density at radius 1 is 1.24 bits per heavy atom. The standard InChI is InChI=1S/C18H25N3/c1-21-16-8-4-3-7-15(16)20-17(21)13-18(14-9-10-14)11-5-2-6-12-19-18/h3-4,7-8,14,19H,2,5-6,9-13H2,1H3. The summed E-state index contributed by atoms with van der Waals surface area (Å²) in [5, 5.41) is 3.92. The Kier molecular flexibility index (Phi) is 3.26. The molecule has 1 aromatic carbocycles. The number of fused-ring (bicyclic) bond motifs is 1. The van der Waals surface area contributed by atoms with E-state index in [1.165, 1.54) is 56.4 Å². The highest BCUT2D eigenvalue weighted by Crippen LogP contribution is 2.45. The third-order valence-electron chi connectivity index (χ3n) is 5.49. The summed E-state index contributed by atoms with van der Waals surface area (Å²) in [5.41, 5.74) is 2.70. The minimum absolute atomic E-state index is 0.311. The normalized spacial score (nSPS) is 26.9. The zero-order chi connectivity index (χ0) is 14.3. The number of nitrogens with zero attached hydrogens (tertiary/aromatic N) is 2. The quantitative estimate of drug-likeness (QED) is 0.935. The molecule has 3 heteroatoms. The molecule has 2 heterocycles. The van der Waals surface area contributed by atoms with Gasteiger partial charge < -0.3 is 9.88 Å². The lowest BCUT2D eigenvalue weighted by Gasteiger charge is -2.34. The van der Waals surface area contributed by atoms with E-state index in [2.05, 4.69) is 41.2 Å². The Bertz CT molecular complexity index is 631. The van der Waals surface area contributed by atoms with E-state index in [-0.39, 0.29) is 0 Å². The van der Waals surface area contributed by atoms with Crippen LogP contribution < -0.4 is 5.32 Å². The van der Waals surface area contributed by atoms with Gasteiger partial charge in [-0.15, -0.1) is 0 Å².